The molecule has 0 heterocycles. The Labute approximate surface area is 106 Å². The van der Waals surface area contributed by atoms with Crippen molar-refractivity contribution in [2.24, 2.45) is 5.92 Å². The average Bonchev–Trinajstić information content (AvgIpc) is 3.03. The van der Waals surface area contributed by atoms with Gasteiger partial charge in [0.05, 0.1) is 17.0 Å². The van der Waals surface area contributed by atoms with Crippen molar-refractivity contribution < 1.29 is 18.3 Å². The molecule has 0 atom stereocenters. The summed E-state index contributed by atoms with van der Waals surface area (Å²) >= 11 is 0. The molecule has 2 N–H and O–H groups in total. The first-order valence-corrected chi connectivity index (χ1v) is 7.37. The molecule has 1 aromatic rings. The molecule has 2 rings (SSSR count). The number of carboxylic acids is 1. The van der Waals surface area contributed by atoms with E-state index in [1.807, 2.05) is 0 Å². The van der Waals surface area contributed by atoms with Crippen LogP contribution in [0, 0.1) is 12.8 Å². The van der Waals surface area contributed by atoms with Crippen LogP contribution >= 0.6 is 0 Å². The normalized spacial score (nSPS) is 15.4. The predicted molar refractivity (Wildman–Crippen MR) is 68.3 cm³/mol. The zero-order chi connectivity index (χ0) is 13.3. The molecule has 6 heteroatoms. The lowest BCUT2D eigenvalue weighted by Crippen LogP contribution is -2.19. The highest BCUT2D eigenvalue weighted by Crippen LogP contribution is 2.31. The highest BCUT2D eigenvalue weighted by molar-refractivity contribution is 7.92. The van der Waals surface area contributed by atoms with Crippen molar-refractivity contribution in [1.29, 1.82) is 0 Å². The maximum atomic E-state index is 11.8. The molecule has 0 unspecified atom stereocenters. The first kappa shape index (κ1) is 12.9. The third kappa shape index (κ3) is 3.22. The van der Waals surface area contributed by atoms with E-state index in [4.69, 9.17) is 5.11 Å². The average molecular weight is 269 g/mol. The second kappa shape index (κ2) is 4.61. The number of hydrogen-bond acceptors (Lipinski definition) is 3. The van der Waals surface area contributed by atoms with Gasteiger partial charge in [-0.3, -0.25) is 4.72 Å². The number of nitrogens with one attached hydrogen (secondary N) is 1. The number of anilines is 1. The second-order valence-electron chi connectivity index (χ2n) is 4.68. The predicted octanol–water partition coefficient (Wildman–Crippen LogP) is 1.84. The first-order valence-electron chi connectivity index (χ1n) is 5.72. The Morgan fingerprint density at radius 2 is 2.11 bits per heavy atom. The molecule has 5 nitrogen and oxygen atoms in total. The Hall–Kier alpha value is -1.56. The molecule has 0 amide bonds. The molecule has 0 spiro atoms. The Kier molecular flexibility index (Phi) is 3.30. The minimum Gasteiger partial charge on any atom is -0.478 e. The summed E-state index contributed by atoms with van der Waals surface area (Å²) in [4.78, 5) is 11.1. The SMILES string of the molecule is Cc1ccc(NS(=O)(=O)CC2CC2)c(C(=O)O)c1. The van der Waals surface area contributed by atoms with Gasteiger partial charge in [-0.15, -0.1) is 0 Å². The molecule has 18 heavy (non-hydrogen) atoms. The Balaban J connectivity index is 2.25. The minimum absolute atomic E-state index is 0.0191. The van der Waals surface area contributed by atoms with Crippen LogP contribution in [0.2, 0.25) is 0 Å². The zero-order valence-electron chi connectivity index (χ0n) is 10.0. The topological polar surface area (TPSA) is 83.5 Å². The second-order valence-corrected chi connectivity index (χ2v) is 6.45. The molecule has 1 saturated carbocycles. The van der Waals surface area contributed by atoms with E-state index >= 15 is 0 Å². The quantitative estimate of drug-likeness (QED) is 0.854. The molecular weight excluding hydrogens is 254 g/mol. The van der Waals surface area contributed by atoms with Gasteiger partial charge in [-0.1, -0.05) is 11.6 Å². The van der Waals surface area contributed by atoms with Crippen molar-refractivity contribution in [1.82, 2.24) is 0 Å². The number of sulfonamides is 1. The van der Waals surface area contributed by atoms with Gasteiger partial charge < -0.3 is 5.11 Å². The highest BCUT2D eigenvalue weighted by atomic mass is 32.2. The van der Waals surface area contributed by atoms with Crippen LogP contribution < -0.4 is 4.72 Å². The molecule has 0 bridgehead atoms. The fraction of sp³-hybridized carbons (Fsp3) is 0.417. The van der Waals surface area contributed by atoms with Gasteiger partial charge in [-0.2, -0.15) is 0 Å². The van der Waals surface area contributed by atoms with E-state index in [0.29, 0.717) is 0 Å². The maximum Gasteiger partial charge on any atom is 0.337 e. The van der Waals surface area contributed by atoms with Gasteiger partial charge in [0.15, 0.2) is 0 Å². The van der Waals surface area contributed by atoms with Crippen molar-refractivity contribution >= 4 is 21.7 Å². The molecule has 0 aliphatic heterocycles. The lowest BCUT2D eigenvalue weighted by molar-refractivity contribution is 0.0698. The third-order valence-corrected chi connectivity index (χ3v) is 4.26. The molecule has 98 valence electrons. The smallest absolute Gasteiger partial charge is 0.337 e. The van der Waals surface area contributed by atoms with Crippen molar-refractivity contribution in [2.75, 3.05) is 10.5 Å². The van der Waals surface area contributed by atoms with Crippen LogP contribution in [0.1, 0.15) is 28.8 Å². The van der Waals surface area contributed by atoms with Crippen molar-refractivity contribution in [2.45, 2.75) is 19.8 Å². The summed E-state index contributed by atoms with van der Waals surface area (Å²) in [5.41, 5.74) is 0.890. The van der Waals surface area contributed by atoms with E-state index < -0.39 is 16.0 Å². The lowest BCUT2D eigenvalue weighted by atomic mass is 10.1. The Morgan fingerprint density at radius 3 is 2.67 bits per heavy atom. The number of carboxylic acid groups (broad SMARTS) is 1. The van der Waals surface area contributed by atoms with Crippen molar-refractivity contribution in [3.63, 3.8) is 0 Å². The van der Waals surface area contributed by atoms with Crippen molar-refractivity contribution in [3.8, 4) is 0 Å². The minimum atomic E-state index is -3.45. The van der Waals surface area contributed by atoms with Crippen LogP contribution in [0.15, 0.2) is 18.2 Å². The highest BCUT2D eigenvalue weighted by Gasteiger charge is 2.28. The van der Waals surface area contributed by atoms with E-state index in [2.05, 4.69) is 4.72 Å². The lowest BCUT2D eigenvalue weighted by Gasteiger charge is -2.10. The first-order chi connectivity index (χ1) is 8.37. The number of aromatic carboxylic acids is 1. The fourth-order valence-electron chi connectivity index (χ4n) is 1.73. The fourth-order valence-corrected chi connectivity index (χ4v) is 3.28. The van der Waals surface area contributed by atoms with Crippen molar-refractivity contribution in [3.05, 3.63) is 29.3 Å². The van der Waals surface area contributed by atoms with Gasteiger partial charge in [-0.05, 0) is 37.8 Å². The summed E-state index contributed by atoms with van der Waals surface area (Å²) < 4.78 is 26.0. The van der Waals surface area contributed by atoms with E-state index in [0.717, 1.165) is 18.4 Å². The zero-order valence-corrected chi connectivity index (χ0v) is 10.8. The monoisotopic (exact) mass is 269 g/mol. The van der Waals surface area contributed by atoms with Gasteiger partial charge in [-0.25, -0.2) is 13.2 Å². The van der Waals surface area contributed by atoms with E-state index in [9.17, 15) is 13.2 Å². The van der Waals surface area contributed by atoms with Gasteiger partial charge in [0, 0.05) is 0 Å². The summed E-state index contributed by atoms with van der Waals surface area (Å²) in [7, 11) is -3.45. The van der Waals surface area contributed by atoms with Gasteiger partial charge in [0.2, 0.25) is 10.0 Å². The van der Waals surface area contributed by atoms with Crippen LogP contribution in [-0.4, -0.2) is 25.2 Å². The number of benzene rings is 1. The van der Waals surface area contributed by atoms with Gasteiger partial charge in [0.1, 0.15) is 0 Å². The van der Waals surface area contributed by atoms with Crippen LogP contribution in [0.4, 0.5) is 5.69 Å². The molecule has 1 aromatic carbocycles. The molecule has 1 fully saturated rings. The Bertz CT molecular complexity index is 576. The molecule has 1 aliphatic carbocycles. The third-order valence-electron chi connectivity index (χ3n) is 2.82. The van der Waals surface area contributed by atoms with Crippen LogP contribution in [0.5, 0.6) is 0 Å². The molecule has 0 saturated heterocycles. The largest absolute Gasteiger partial charge is 0.478 e. The van der Waals surface area contributed by atoms with Crippen LogP contribution in [0.25, 0.3) is 0 Å². The van der Waals surface area contributed by atoms with E-state index in [-0.39, 0.29) is 22.9 Å². The summed E-state index contributed by atoms with van der Waals surface area (Å²) in [5.74, 6) is -0.844. The van der Waals surface area contributed by atoms with Gasteiger partial charge >= 0.3 is 5.97 Å². The maximum absolute atomic E-state index is 11.8. The molecule has 0 radical (unpaired) electrons. The number of carbonyl (C=O) groups is 1. The number of rotatable bonds is 5. The number of hydrogen-bond donors (Lipinski definition) is 2. The van der Waals surface area contributed by atoms with Gasteiger partial charge in [0.25, 0.3) is 0 Å². The summed E-state index contributed by atoms with van der Waals surface area (Å²) in [6.45, 7) is 1.76. The molecular formula is C12H15NO4S. The Morgan fingerprint density at radius 1 is 1.44 bits per heavy atom. The summed E-state index contributed by atoms with van der Waals surface area (Å²) in [6.07, 6.45) is 1.86. The molecule has 1 aliphatic rings. The number of aryl methyl sites for hydroxylation is 1. The van der Waals surface area contributed by atoms with Crippen LogP contribution in [0.3, 0.4) is 0 Å². The molecule has 0 aromatic heterocycles. The standard InChI is InChI=1S/C12H15NO4S/c1-8-2-5-11(10(6-8)12(14)15)13-18(16,17)7-9-3-4-9/h2,5-6,9,13H,3-4,7H2,1H3,(H,14,15). The van der Waals surface area contributed by atoms with Crippen LogP contribution in [-0.2, 0) is 10.0 Å². The summed E-state index contributed by atoms with van der Waals surface area (Å²) in [5, 5.41) is 9.05. The van der Waals surface area contributed by atoms with E-state index in [1.54, 1.807) is 13.0 Å². The van der Waals surface area contributed by atoms with E-state index in [1.165, 1.54) is 12.1 Å². The summed E-state index contributed by atoms with van der Waals surface area (Å²) in [6, 6.07) is 4.63.